The Morgan fingerprint density at radius 1 is 1.09 bits per heavy atom. The zero-order valence-electron chi connectivity index (χ0n) is 17.6. The first-order valence-corrected chi connectivity index (χ1v) is 10.7. The van der Waals surface area contributed by atoms with Gasteiger partial charge in [0.25, 0.3) is 11.1 Å². The van der Waals surface area contributed by atoms with E-state index in [0.29, 0.717) is 5.69 Å². The van der Waals surface area contributed by atoms with E-state index in [-0.39, 0.29) is 11.4 Å². The molecule has 0 bridgehead atoms. The van der Waals surface area contributed by atoms with E-state index in [2.05, 4.69) is 5.32 Å². The number of amides is 3. The first-order chi connectivity index (χ1) is 15.4. The van der Waals surface area contributed by atoms with Gasteiger partial charge in [-0.2, -0.15) is 0 Å². The van der Waals surface area contributed by atoms with Crippen LogP contribution in [0.3, 0.4) is 0 Å². The second-order valence-electron chi connectivity index (χ2n) is 7.19. The van der Waals surface area contributed by atoms with E-state index in [1.807, 2.05) is 72.3 Å². The molecule has 3 aromatic rings. The summed E-state index contributed by atoms with van der Waals surface area (Å²) in [5.41, 5.74) is 3.25. The van der Waals surface area contributed by atoms with Gasteiger partial charge in [-0.15, -0.1) is 0 Å². The number of aromatic nitrogens is 1. The molecule has 1 aliphatic heterocycles. The highest BCUT2D eigenvalue weighted by atomic mass is 32.2. The molecule has 8 heteroatoms. The Balaban J connectivity index is 1.49. The van der Waals surface area contributed by atoms with Gasteiger partial charge in [0, 0.05) is 23.3 Å². The quantitative estimate of drug-likeness (QED) is 0.564. The zero-order chi connectivity index (χ0) is 22.7. The molecule has 0 aliphatic carbocycles. The minimum Gasteiger partial charge on any atom is -0.497 e. The lowest BCUT2D eigenvalue weighted by Crippen LogP contribution is -2.36. The van der Waals surface area contributed by atoms with Crippen LogP contribution in [0.1, 0.15) is 11.3 Å². The number of carbonyl (C=O) groups is 3. The van der Waals surface area contributed by atoms with E-state index in [1.54, 1.807) is 19.3 Å². The maximum Gasteiger partial charge on any atom is 0.294 e. The summed E-state index contributed by atoms with van der Waals surface area (Å²) in [5, 5.41) is 2.25. The van der Waals surface area contributed by atoms with Crippen LogP contribution in [0, 0.1) is 6.92 Å². The number of thioether (sulfide) groups is 1. The topological polar surface area (TPSA) is 80.6 Å². The number of hydrogen-bond donors (Lipinski definition) is 1. The maximum atomic E-state index is 12.8. The number of benzene rings is 2. The van der Waals surface area contributed by atoms with Crippen molar-refractivity contribution in [2.24, 2.45) is 0 Å². The van der Waals surface area contributed by atoms with Gasteiger partial charge in [0.15, 0.2) is 0 Å². The Kier molecular flexibility index (Phi) is 6.13. The average molecular weight is 448 g/mol. The van der Waals surface area contributed by atoms with Crippen molar-refractivity contribution in [3.63, 3.8) is 0 Å². The summed E-state index contributed by atoms with van der Waals surface area (Å²) in [6.45, 7) is 1.58. The fraction of sp³-hybridized carbons (Fsp3) is 0.125. The molecular formula is C24H21N3O4S. The number of nitrogens with zero attached hydrogens (tertiary/aromatic N) is 2. The summed E-state index contributed by atoms with van der Waals surface area (Å²) < 4.78 is 7.09. The second kappa shape index (κ2) is 9.15. The highest BCUT2D eigenvalue weighted by Gasteiger charge is 2.36. The molecule has 3 amide bonds. The van der Waals surface area contributed by atoms with Gasteiger partial charge in [0.1, 0.15) is 12.3 Å². The smallest absolute Gasteiger partial charge is 0.294 e. The molecule has 0 radical (unpaired) electrons. The molecule has 4 rings (SSSR count). The number of imide groups is 1. The average Bonchev–Trinajstić information content (AvgIpc) is 3.34. The third-order valence-electron chi connectivity index (χ3n) is 4.89. The first kappa shape index (κ1) is 21.5. The second-order valence-corrected chi connectivity index (χ2v) is 8.18. The lowest BCUT2D eigenvalue weighted by atomic mass is 10.2. The van der Waals surface area contributed by atoms with Crippen LogP contribution in [0.2, 0.25) is 0 Å². The van der Waals surface area contributed by atoms with Gasteiger partial charge in [-0.1, -0.05) is 12.1 Å². The molecule has 7 nitrogen and oxygen atoms in total. The number of aryl methyl sites for hydroxylation is 1. The van der Waals surface area contributed by atoms with E-state index in [9.17, 15) is 14.4 Å². The standard InChI is InChI=1S/C24H21N3O4S/c1-16-5-3-6-17(13-16)25-22(28)15-27-23(29)21(32-24(27)30)14-19-7-4-12-26(19)18-8-10-20(31-2)11-9-18/h3-14H,15H2,1-2H3,(H,25,28)/b21-14-. The first-order valence-electron chi connectivity index (χ1n) is 9.88. The van der Waals surface area contributed by atoms with Crippen LogP contribution < -0.4 is 10.1 Å². The van der Waals surface area contributed by atoms with Crippen LogP contribution in [0.5, 0.6) is 5.75 Å². The van der Waals surface area contributed by atoms with Gasteiger partial charge in [-0.25, -0.2) is 0 Å². The Morgan fingerprint density at radius 2 is 1.88 bits per heavy atom. The van der Waals surface area contributed by atoms with E-state index >= 15 is 0 Å². The highest BCUT2D eigenvalue weighted by molar-refractivity contribution is 8.18. The van der Waals surface area contributed by atoms with Crippen molar-refractivity contribution in [3.8, 4) is 11.4 Å². The van der Waals surface area contributed by atoms with Crippen LogP contribution in [-0.4, -0.2) is 40.2 Å². The van der Waals surface area contributed by atoms with Crippen molar-refractivity contribution >= 4 is 40.6 Å². The largest absolute Gasteiger partial charge is 0.497 e. The summed E-state index contributed by atoms with van der Waals surface area (Å²) in [6, 6.07) is 18.5. The number of methoxy groups -OCH3 is 1. The molecule has 0 unspecified atom stereocenters. The molecule has 1 aliphatic rings. The van der Waals surface area contributed by atoms with Crippen LogP contribution in [0.15, 0.2) is 71.8 Å². The van der Waals surface area contributed by atoms with Crippen molar-refractivity contribution in [2.45, 2.75) is 6.92 Å². The van der Waals surface area contributed by atoms with Crippen molar-refractivity contribution in [1.29, 1.82) is 0 Å². The van der Waals surface area contributed by atoms with Gasteiger partial charge in [-0.05, 0) is 78.9 Å². The fourth-order valence-corrected chi connectivity index (χ4v) is 4.15. The Labute approximate surface area is 189 Å². The molecular weight excluding hydrogens is 426 g/mol. The van der Waals surface area contributed by atoms with E-state index in [0.717, 1.165) is 39.4 Å². The van der Waals surface area contributed by atoms with Crippen LogP contribution in [0.25, 0.3) is 11.8 Å². The minimum absolute atomic E-state index is 0.270. The summed E-state index contributed by atoms with van der Waals surface area (Å²) in [7, 11) is 1.60. The fourth-order valence-electron chi connectivity index (χ4n) is 3.33. The van der Waals surface area contributed by atoms with Crippen molar-refractivity contribution in [3.05, 3.63) is 83.0 Å². The van der Waals surface area contributed by atoms with Gasteiger partial charge in [0.05, 0.1) is 12.0 Å². The number of rotatable bonds is 6. The summed E-state index contributed by atoms with van der Waals surface area (Å²) >= 11 is 0.826. The van der Waals surface area contributed by atoms with Crippen LogP contribution >= 0.6 is 11.8 Å². The summed E-state index contributed by atoms with van der Waals surface area (Å²) in [6.07, 6.45) is 3.53. The van der Waals surface area contributed by atoms with E-state index < -0.39 is 17.1 Å². The molecule has 1 fully saturated rings. The number of carbonyl (C=O) groups excluding carboxylic acids is 3. The number of anilines is 1. The van der Waals surface area contributed by atoms with E-state index in [1.165, 1.54) is 0 Å². The van der Waals surface area contributed by atoms with Crippen LogP contribution in [0.4, 0.5) is 10.5 Å². The Hall–Kier alpha value is -3.78. The van der Waals surface area contributed by atoms with Crippen molar-refractivity contribution < 1.29 is 19.1 Å². The van der Waals surface area contributed by atoms with E-state index in [4.69, 9.17) is 4.74 Å². The summed E-state index contributed by atoms with van der Waals surface area (Å²) in [5.74, 6) is -0.171. The monoisotopic (exact) mass is 447 g/mol. The highest BCUT2D eigenvalue weighted by Crippen LogP contribution is 2.32. The molecule has 0 atom stereocenters. The molecule has 0 saturated carbocycles. The van der Waals surface area contributed by atoms with Gasteiger partial charge in [0.2, 0.25) is 5.91 Å². The third-order valence-corrected chi connectivity index (χ3v) is 5.79. The van der Waals surface area contributed by atoms with Gasteiger partial charge in [-0.3, -0.25) is 19.3 Å². The Bertz CT molecular complexity index is 1210. The molecule has 2 aromatic carbocycles. The summed E-state index contributed by atoms with van der Waals surface area (Å²) in [4.78, 5) is 38.9. The number of nitrogens with one attached hydrogen (secondary N) is 1. The van der Waals surface area contributed by atoms with Crippen LogP contribution in [-0.2, 0) is 9.59 Å². The molecule has 2 heterocycles. The normalized spacial score (nSPS) is 14.8. The van der Waals surface area contributed by atoms with Crippen molar-refractivity contribution in [2.75, 3.05) is 19.0 Å². The molecule has 32 heavy (non-hydrogen) atoms. The molecule has 0 spiro atoms. The number of hydrogen-bond acceptors (Lipinski definition) is 5. The number of ether oxygens (including phenoxy) is 1. The molecule has 1 N–H and O–H groups in total. The predicted molar refractivity (Wildman–Crippen MR) is 125 cm³/mol. The van der Waals surface area contributed by atoms with Gasteiger partial charge < -0.3 is 14.6 Å². The Morgan fingerprint density at radius 3 is 2.59 bits per heavy atom. The molecule has 1 aromatic heterocycles. The molecule has 162 valence electrons. The molecule has 1 saturated heterocycles. The predicted octanol–water partition coefficient (Wildman–Crippen LogP) is 4.47. The lowest BCUT2D eigenvalue weighted by Gasteiger charge is -2.12. The SMILES string of the molecule is COc1ccc(-n2cccc2/C=C2\SC(=O)N(CC(=O)Nc3cccc(C)c3)C2=O)cc1. The maximum absolute atomic E-state index is 12.8. The minimum atomic E-state index is -0.484. The zero-order valence-corrected chi connectivity index (χ0v) is 18.4. The van der Waals surface area contributed by atoms with Gasteiger partial charge >= 0.3 is 0 Å². The third kappa shape index (κ3) is 4.60. The van der Waals surface area contributed by atoms with Crippen molar-refractivity contribution in [1.82, 2.24) is 9.47 Å². The lowest BCUT2D eigenvalue weighted by molar-refractivity contribution is -0.127.